The van der Waals surface area contributed by atoms with Crippen LogP contribution in [0.15, 0.2) is 54.7 Å². The van der Waals surface area contributed by atoms with Crippen molar-refractivity contribution in [1.82, 2.24) is 15.2 Å². The van der Waals surface area contributed by atoms with E-state index >= 15 is 0 Å². The topological polar surface area (TPSA) is 81.2 Å². The van der Waals surface area contributed by atoms with Gasteiger partial charge in [0, 0.05) is 17.4 Å². The molecule has 7 heteroatoms. The van der Waals surface area contributed by atoms with Crippen molar-refractivity contribution in [2.75, 3.05) is 24.4 Å². The molecule has 0 amide bonds. The van der Waals surface area contributed by atoms with Crippen molar-refractivity contribution in [3.8, 4) is 11.5 Å². The van der Waals surface area contributed by atoms with E-state index in [1.165, 1.54) is 0 Å². The van der Waals surface area contributed by atoms with E-state index in [0.29, 0.717) is 18.4 Å². The van der Waals surface area contributed by atoms with Gasteiger partial charge in [-0.2, -0.15) is 10.1 Å². The van der Waals surface area contributed by atoms with Gasteiger partial charge in [-0.25, -0.2) is 0 Å². The second-order valence-corrected chi connectivity index (χ2v) is 5.10. The Bertz CT molecular complexity index is 824. The molecule has 2 aromatic carbocycles. The minimum Gasteiger partial charge on any atom is -0.497 e. The molecule has 0 unspecified atom stereocenters. The van der Waals surface area contributed by atoms with Gasteiger partial charge >= 0.3 is 0 Å². The highest BCUT2D eigenvalue weighted by Gasteiger charge is 2.03. The Balaban J connectivity index is 1.70. The summed E-state index contributed by atoms with van der Waals surface area (Å²) >= 11 is 0. The van der Waals surface area contributed by atoms with E-state index in [9.17, 15) is 0 Å². The molecule has 128 valence electrons. The standard InChI is InChI=1S/C18H19N5O2/c1-3-25-15-9-7-13(8-10-15)21-18-22-17(12-19-23-18)20-14-5-4-6-16(11-14)24-2/h4-12H,3H2,1-2H3,(H2,20,21,22,23). The van der Waals surface area contributed by atoms with Crippen LogP contribution in [0.5, 0.6) is 11.5 Å². The predicted molar refractivity (Wildman–Crippen MR) is 97.0 cm³/mol. The maximum Gasteiger partial charge on any atom is 0.249 e. The van der Waals surface area contributed by atoms with Crippen LogP contribution in [0.25, 0.3) is 0 Å². The molecule has 0 spiro atoms. The van der Waals surface area contributed by atoms with Crippen LogP contribution < -0.4 is 20.1 Å². The van der Waals surface area contributed by atoms with Crippen LogP contribution in [0.4, 0.5) is 23.1 Å². The zero-order valence-corrected chi connectivity index (χ0v) is 14.1. The third-order valence-corrected chi connectivity index (χ3v) is 3.32. The van der Waals surface area contributed by atoms with E-state index in [1.54, 1.807) is 13.3 Å². The summed E-state index contributed by atoms with van der Waals surface area (Å²) in [5, 5.41) is 14.3. The number of hydrogen-bond donors (Lipinski definition) is 2. The molecule has 0 atom stereocenters. The van der Waals surface area contributed by atoms with Gasteiger partial charge in [0.1, 0.15) is 11.5 Å². The monoisotopic (exact) mass is 337 g/mol. The van der Waals surface area contributed by atoms with Gasteiger partial charge < -0.3 is 20.1 Å². The minimum absolute atomic E-state index is 0.400. The van der Waals surface area contributed by atoms with Gasteiger partial charge in [0.2, 0.25) is 5.95 Å². The van der Waals surface area contributed by atoms with Gasteiger partial charge in [0.15, 0.2) is 5.82 Å². The van der Waals surface area contributed by atoms with E-state index in [1.807, 2.05) is 55.5 Å². The highest BCUT2D eigenvalue weighted by Crippen LogP contribution is 2.21. The average Bonchev–Trinajstić information content (AvgIpc) is 2.64. The number of hydrogen-bond acceptors (Lipinski definition) is 7. The number of anilines is 4. The maximum absolute atomic E-state index is 5.42. The first kappa shape index (κ1) is 16.5. The lowest BCUT2D eigenvalue weighted by Gasteiger charge is -2.09. The molecule has 2 N–H and O–H groups in total. The Morgan fingerprint density at radius 2 is 1.80 bits per heavy atom. The smallest absolute Gasteiger partial charge is 0.249 e. The van der Waals surface area contributed by atoms with Crippen LogP contribution >= 0.6 is 0 Å². The van der Waals surface area contributed by atoms with Gasteiger partial charge in [-0.3, -0.25) is 0 Å². The van der Waals surface area contributed by atoms with Gasteiger partial charge in [-0.1, -0.05) is 6.07 Å². The number of aromatic nitrogens is 3. The van der Waals surface area contributed by atoms with Crippen LogP contribution in [0.1, 0.15) is 6.92 Å². The normalized spacial score (nSPS) is 10.2. The molecule has 1 heterocycles. The average molecular weight is 337 g/mol. The number of methoxy groups -OCH3 is 1. The highest BCUT2D eigenvalue weighted by atomic mass is 16.5. The molecule has 0 aliphatic rings. The first-order valence-corrected chi connectivity index (χ1v) is 7.87. The summed E-state index contributed by atoms with van der Waals surface area (Å²) in [6.07, 6.45) is 1.56. The molecule has 0 aliphatic carbocycles. The van der Waals surface area contributed by atoms with E-state index < -0.39 is 0 Å². The molecule has 0 radical (unpaired) electrons. The molecular weight excluding hydrogens is 318 g/mol. The molecule has 0 fully saturated rings. The highest BCUT2D eigenvalue weighted by molar-refractivity contribution is 5.60. The van der Waals surface area contributed by atoms with E-state index in [4.69, 9.17) is 9.47 Å². The number of benzene rings is 2. The molecule has 3 aromatic rings. The Kier molecular flexibility index (Phi) is 5.26. The molecular formula is C18H19N5O2. The summed E-state index contributed by atoms with van der Waals surface area (Å²) in [6.45, 7) is 2.59. The van der Waals surface area contributed by atoms with Gasteiger partial charge in [0.05, 0.1) is 19.9 Å². The largest absolute Gasteiger partial charge is 0.497 e. The minimum atomic E-state index is 0.400. The summed E-state index contributed by atoms with van der Waals surface area (Å²) in [6, 6.07) is 15.1. The van der Waals surface area contributed by atoms with E-state index in [-0.39, 0.29) is 0 Å². The molecule has 1 aromatic heterocycles. The van der Waals surface area contributed by atoms with Gasteiger partial charge in [-0.05, 0) is 43.3 Å². The number of rotatable bonds is 7. The lowest BCUT2D eigenvalue weighted by molar-refractivity contribution is 0.340. The lowest BCUT2D eigenvalue weighted by atomic mass is 10.3. The van der Waals surface area contributed by atoms with Crippen LogP contribution in [0, 0.1) is 0 Å². The Labute approximate surface area is 146 Å². The van der Waals surface area contributed by atoms with Crippen LogP contribution in [-0.2, 0) is 0 Å². The first-order valence-electron chi connectivity index (χ1n) is 7.87. The fourth-order valence-electron chi connectivity index (χ4n) is 2.20. The number of ether oxygens (including phenoxy) is 2. The number of nitrogens with one attached hydrogen (secondary N) is 2. The fraction of sp³-hybridized carbons (Fsp3) is 0.167. The summed E-state index contributed by atoms with van der Waals surface area (Å²) in [5.74, 6) is 2.56. The molecule has 0 aliphatic heterocycles. The second kappa shape index (κ2) is 7.96. The summed E-state index contributed by atoms with van der Waals surface area (Å²) in [7, 11) is 1.63. The van der Waals surface area contributed by atoms with E-state index in [0.717, 1.165) is 22.9 Å². The van der Waals surface area contributed by atoms with Crippen molar-refractivity contribution in [3.05, 3.63) is 54.7 Å². The zero-order chi connectivity index (χ0) is 17.5. The SMILES string of the molecule is CCOc1ccc(Nc2nncc(Nc3cccc(OC)c3)n2)cc1. The molecule has 25 heavy (non-hydrogen) atoms. The van der Waals surface area contributed by atoms with Crippen molar-refractivity contribution in [2.24, 2.45) is 0 Å². The van der Waals surface area contributed by atoms with Gasteiger partial charge in [-0.15, -0.1) is 5.10 Å². The third-order valence-electron chi connectivity index (χ3n) is 3.32. The van der Waals surface area contributed by atoms with Crippen molar-refractivity contribution < 1.29 is 9.47 Å². The number of nitrogens with zero attached hydrogens (tertiary/aromatic N) is 3. The molecule has 3 rings (SSSR count). The van der Waals surface area contributed by atoms with Crippen LogP contribution in [-0.4, -0.2) is 28.9 Å². The molecule has 0 bridgehead atoms. The van der Waals surface area contributed by atoms with Gasteiger partial charge in [0.25, 0.3) is 0 Å². The second-order valence-electron chi connectivity index (χ2n) is 5.10. The Hall–Kier alpha value is -3.35. The van der Waals surface area contributed by atoms with Crippen LogP contribution in [0.3, 0.4) is 0 Å². The molecule has 0 saturated carbocycles. The van der Waals surface area contributed by atoms with Crippen molar-refractivity contribution in [2.45, 2.75) is 6.92 Å². The molecule has 0 saturated heterocycles. The molecule has 7 nitrogen and oxygen atoms in total. The first-order chi connectivity index (χ1) is 12.3. The van der Waals surface area contributed by atoms with Crippen molar-refractivity contribution in [3.63, 3.8) is 0 Å². The van der Waals surface area contributed by atoms with Crippen molar-refractivity contribution in [1.29, 1.82) is 0 Å². The fourth-order valence-corrected chi connectivity index (χ4v) is 2.20. The Morgan fingerprint density at radius 1 is 0.960 bits per heavy atom. The van der Waals surface area contributed by atoms with Crippen LogP contribution in [0.2, 0.25) is 0 Å². The zero-order valence-electron chi connectivity index (χ0n) is 14.1. The summed E-state index contributed by atoms with van der Waals surface area (Å²) in [4.78, 5) is 4.41. The van der Waals surface area contributed by atoms with E-state index in [2.05, 4.69) is 25.8 Å². The summed E-state index contributed by atoms with van der Waals surface area (Å²) < 4.78 is 10.6. The lowest BCUT2D eigenvalue weighted by Crippen LogP contribution is -2.02. The quantitative estimate of drug-likeness (QED) is 0.679. The summed E-state index contributed by atoms with van der Waals surface area (Å²) in [5.41, 5.74) is 1.70. The Morgan fingerprint density at radius 3 is 2.56 bits per heavy atom. The predicted octanol–water partition coefficient (Wildman–Crippen LogP) is 3.77. The third kappa shape index (κ3) is 4.57. The maximum atomic E-state index is 5.42. The van der Waals surface area contributed by atoms with Crippen molar-refractivity contribution >= 4 is 23.1 Å².